The number of aromatic hydroxyl groups is 1. The van der Waals surface area contributed by atoms with Gasteiger partial charge in [0.15, 0.2) is 17.1 Å². The molecule has 0 unspecified atom stereocenters. The van der Waals surface area contributed by atoms with Crippen molar-refractivity contribution in [2.75, 3.05) is 49.1 Å². The number of benzene rings is 2. The SMILES string of the molecule is CC(C)(C)OC(=O)CCN(CC(=O)N1CCc2cc(O)ccc21)C(=O)OC(C)(C)C.CC(C)(C)OC(=O)CCN(CC(=O)N1CCc2cc(OCc3cn(CC4CCCCC4)nc3C(F)(F)F)ccc21)C(=O)OC(C)(C)C.FC(F)(F)c1nn(CC2CCCCC2)cc1CCl.OCc1cn(CC2CCCCC2)nc1C(F)(F)F. The number of alkyl halides is 10. The zero-order chi connectivity index (χ0) is 83.6. The minimum atomic E-state index is -4.60. The lowest BCUT2D eigenvalue weighted by atomic mass is 9.89. The van der Waals surface area contributed by atoms with Crippen LogP contribution in [0.1, 0.15) is 237 Å². The zero-order valence-electron chi connectivity index (χ0n) is 67.0. The molecule has 113 heavy (non-hydrogen) atoms. The third-order valence-corrected chi connectivity index (χ3v) is 19.3. The lowest BCUT2D eigenvalue weighted by Crippen LogP contribution is -2.45. The van der Waals surface area contributed by atoms with Crippen LogP contribution in [-0.2, 0) is 108 Å². The van der Waals surface area contributed by atoms with Crippen LogP contribution in [0.3, 0.4) is 0 Å². The number of esters is 2. The molecule has 5 aromatic rings. The Labute approximate surface area is 660 Å². The minimum Gasteiger partial charge on any atom is -0.508 e. The Balaban J connectivity index is 0.000000228. The summed E-state index contributed by atoms with van der Waals surface area (Å²) < 4.78 is 149. The summed E-state index contributed by atoms with van der Waals surface area (Å²) in [5, 5.41) is 29.7. The molecular weight excluding hydrogens is 1520 g/mol. The highest BCUT2D eigenvalue weighted by atomic mass is 35.5. The third-order valence-electron chi connectivity index (χ3n) is 19.0. The number of anilines is 2. The molecule has 0 saturated heterocycles. The van der Waals surface area contributed by atoms with Crippen molar-refractivity contribution in [3.05, 3.63) is 99.9 Å². The van der Waals surface area contributed by atoms with Gasteiger partial charge >= 0.3 is 42.7 Å². The van der Waals surface area contributed by atoms with Gasteiger partial charge in [0, 0.05) is 92.5 Å². The number of halogens is 10. The summed E-state index contributed by atoms with van der Waals surface area (Å²) in [4.78, 5) is 82.0. The molecule has 0 atom stereocenters. The largest absolute Gasteiger partial charge is 0.508 e. The first-order valence-electron chi connectivity index (χ1n) is 38.8. The van der Waals surface area contributed by atoms with E-state index in [1.165, 1.54) is 74.2 Å². The number of aliphatic hydroxyl groups is 1. The number of ether oxygens (including phenoxy) is 5. The molecule has 10 rings (SSSR count). The van der Waals surface area contributed by atoms with Crippen molar-refractivity contribution in [2.24, 2.45) is 17.8 Å². The number of hydrogen-bond donors (Lipinski definition) is 2. The van der Waals surface area contributed by atoms with Crippen molar-refractivity contribution in [1.82, 2.24) is 39.1 Å². The van der Waals surface area contributed by atoms with Gasteiger partial charge in [-0.3, -0.25) is 43.0 Å². The molecule has 23 nitrogen and oxygen atoms in total. The van der Waals surface area contributed by atoms with Crippen molar-refractivity contribution >= 4 is 58.9 Å². The maximum atomic E-state index is 13.8. The first-order chi connectivity index (χ1) is 52.6. The molecule has 5 heterocycles. The van der Waals surface area contributed by atoms with E-state index in [1.807, 2.05) is 0 Å². The number of phenolic OH excluding ortho intramolecular Hbond substituents is 1. The van der Waals surface area contributed by atoms with Gasteiger partial charge in [0.1, 0.15) is 53.6 Å². The normalized spacial score (nSPS) is 16.0. The smallest absolute Gasteiger partial charge is 0.435 e. The molecule has 2 aromatic carbocycles. The average molecular weight is 1630 g/mol. The summed E-state index contributed by atoms with van der Waals surface area (Å²) in [6.07, 6.45) is 6.91. The van der Waals surface area contributed by atoms with E-state index in [4.69, 9.17) is 40.4 Å². The van der Waals surface area contributed by atoms with E-state index in [1.54, 1.807) is 123 Å². The highest BCUT2D eigenvalue weighted by molar-refractivity contribution is 6.17. The molecule has 33 heteroatoms. The maximum Gasteiger partial charge on any atom is 0.435 e. The van der Waals surface area contributed by atoms with Crippen LogP contribution in [0.5, 0.6) is 11.5 Å². The highest BCUT2D eigenvalue weighted by Crippen LogP contribution is 2.39. The first kappa shape index (κ1) is 91.9. The summed E-state index contributed by atoms with van der Waals surface area (Å²) in [6, 6.07) is 9.86. The fourth-order valence-electron chi connectivity index (χ4n) is 14.0. The fraction of sp³-hybridized carbons (Fsp3) is 0.662. The van der Waals surface area contributed by atoms with Gasteiger partial charge in [0.05, 0.1) is 25.3 Å². The van der Waals surface area contributed by atoms with Gasteiger partial charge in [-0.2, -0.15) is 54.8 Å². The molecule has 0 radical (unpaired) electrons. The van der Waals surface area contributed by atoms with E-state index >= 15 is 0 Å². The van der Waals surface area contributed by atoms with E-state index in [9.17, 15) is 73.4 Å². The van der Waals surface area contributed by atoms with Gasteiger partial charge in [0.25, 0.3) is 0 Å². The summed E-state index contributed by atoms with van der Waals surface area (Å²) >= 11 is 5.54. The molecule has 3 fully saturated rings. The number of rotatable bonds is 21. The van der Waals surface area contributed by atoms with Crippen molar-refractivity contribution in [3.8, 4) is 11.5 Å². The fourth-order valence-corrected chi connectivity index (χ4v) is 14.2. The molecule has 0 bridgehead atoms. The molecule has 3 saturated carbocycles. The van der Waals surface area contributed by atoms with E-state index in [-0.39, 0.29) is 85.8 Å². The van der Waals surface area contributed by atoms with Crippen LogP contribution in [0.4, 0.5) is 60.5 Å². The number of carbonyl (C=O) groups excluding carboxylic acids is 6. The van der Waals surface area contributed by atoms with Crippen LogP contribution in [-0.4, -0.2) is 147 Å². The number of hydrogen-bond acceptors (Lipinski definition) is 16. The van der Waals surface area contributed by atoms with Gasteiger partial charge in [-0.05, 0) is 200 Å². The Morgan fingerprint density at radius 1 is 0.478 bits per heavy atom. The summed E-state index contributed by atoms with van der Waals surface area (Å²) in [5.74, 6) is -0.0606. The van der Waals surface area contributed by atoms with E-state index < -0.39 is 88.7 Å². The number of aliphatic hydroxyl groups excluding tert-OH is 1. The Morgan fingerprint density at radius 2 is 0.823 bits per heavy atom. The molecular formula is C80H112ClF9N10O13. The number of fused-ring (bicyclic) bond motifs is 2. The van der Waals surface area contributed by atoms with E-state index in [0.717, 1.165) is 81.8 Å². The second kappa shape index (κ2) is 39.8. The second-order valence-corrected chi connectivity index (χ2v) is 33.7. The Morgan fingerprint density at radius 3 is 1.17 bits per heavy atom. The van der Waals surface area contributed by atoms with Crippen LogP contribution in [0, 0.1) is 17.8 Å². The molecule has 2 N–H and O–H groups in total. The van der Waals surface area contributed by atoms with Crippen molar-refractivity contribution in [2.45, 2.75) is 285 Å². The Kier molecular flexibility index (Phi) is 32.4. The predicted octanol–water partition coefficient (Wildman–Crippen LogP) is 17.4. The number of phenols is 1. The predicted molar refractivity (Wildman–Crippen MR) is 404 cm³/mol. The van der Waals surface area contributed by atoms with Crippen molar-refractivity contribution in [3.63, 3.8) is 0 Å². The second-order valence-electron chi connectivity index (χ2n) is 33.4. The van der Waals surface area contributed by atoms with E-state index in [2.05, 4.69) is 15.3 Å². The number of amides is 4. The average Bonchev–Trinajstić information content (AvgIpc) is 1.71. The molecule has 630 valence electrons. The van der Waals surface area contributed by atoms with Crippen LogP contribution < -0.4 is 14.5 Å². The van der Waals surface area contributed by atoms with Gasteiger partial charge in [0.2, 0.25) is 11.8 Å². The standard InChI is InChI=1S/C34H47F3N4O6.C22H32N2O6.C12H16ClF3N2.C12H17F3N2O/c1-32(2,3)46-29(43)15-16-39(31(44)47-33(4,5)6)21-28(42)41-17-14-24-18-26(12-13-27(24)41)45-22-25-20-40(38-30(25)34(35,36)37)19-23-10-8-7-9-11-23;1-21(2,3)29-19(27)10-11-23(20(28)30-22(4,5)6)14-18(26)24-12-9-15-13-16(25)7-8-17(15)24;13-6-10-8-18(17-11(10)12(14,15)16)7-9-4-2-1-3-5-9;13-12(14,15)11-10(8-18)7-17(16-11)6-9-4-2-1-3-5-9/h12-13,18,20,23H,7-11,14-17,19,21-22H2,1-6H3;7-8,13,25H,9-12,14H2,1-6H3;8-9H,1-7H2;7,9,18H,1-6,8H2. The molecule has 4 amide bonds. The van der Waals surface area contributed by atoms with Crippen LogP contribution in [0.2, 0.25) is 0 Å². The van der Waals surface area contributed by atoms with Gasteiger partial charge < -0.3 is 43.7 Å². The van der Waals surface area contributed by atoms with Crippen LogP contribution in [0.15, 0.2) is 55.0 Å². The lowest BCUT2D eigenvalue weighted by Gasteiger charge is -2.29. The topological polar surface area (TPSA) is 255 Å². The molecule has 0 spiro atoms. The summed E-state index contributed by atoms with van der Waals surface area (Å²) in [6.45, 7) is 21.7. The summed E-state index contributed by atoms with van der Waals surface area (Å²) in [5.41, 5.74) is -2.70. The highest BCUT2D eigenvalue weighted by Gasteiger charge is 2.41. The van der Waals surface area contributed by atoms with Gasteiger partial charge in [-0.25, -0.2) is 9.59 Å². The van der Waals surface area contributed by atoms with Gasteiger partial charge in [-0.1, -0.05) is 57.8 Å². The van der Waals surface area contributed by atoms with Crippen LogP contribution in [0.25, 0.3) is 0 Å². The van der Waals surface area contributed by atoms with Gasteiger partial charge in [-0.15, -0.1) is 11.6 Å². The van der Waals surface area contributed by atoms with Crippen molar-refractivity contribution < 1.29 is 102 Å². The zero-order valence-corrected chi connectivity index (χ0v) is 67.7. The quantitative estimate of drug-likeness (QED) is 0.0300. The maximum absolute atomic E-state index is 13.8. The number of carbonyl (C=O) groups is 6. The molecule has 3 aliphatic carbocycles. The lowest BCUT2D eigenvalue weighted by molar-refractivity contribution is -0.156. The molecule has 3 aromatic heterocycles. The summed E-state index contributed by atoms with van der Waals surface area (Å²) in [7, 11) is 0. The molecule has 2 aliphatic heterocycles. The Bertz CT molecular complexity index is 3890. The third kappa shape index (κ3) is 30.1. The first-order valence-corrected chi connectivity index (χ1v) is 39.3. The number of aromatic nitrogens is 6. The minimum absolute atomic E-state index is 0.00580. The van der Waals surface area contributed by atoms with Crippen LogP contribution >= 0.6 is 11.6 Å². The number of nitrogens with zero attached hydrogens (tertiary/aromatic N) is 10. The van der Waals surface area contributed by atoms with Crippen molar-refractivity contribution in [1.29, 1.82) is 0 Å². The molecule has 5 aliphatic rings. The van der Waals surface area contributed by atoms with E-state index in [0.29, 0.717) is 80.4 Å². The monoisotopic (exact) mass is 1630 g/mol. The Hall–Kier alpha value is -8.29.